The Labute approximate surface area is 292 Å². The molecule has 13 heteroatoms. The quantitative estimate of drug-likeness (QED) is 0.138. The summed E-state index contributed by atoms with van der Waals surface area (Å²) in [6.45, 7) is 4.36. The fourth-order valence-electron chi connectivity index (χ4n) is 6.55. The van der Waals surface area contributed by atoms with Crippen LogP contribution in [-0.2, 0) is 16.0 Å². The van der Waals surface area contributed by atoms with Crippen molar-refractivity contribution in [3.63, 3.8) is 0 Å². The normalized spacial score (nSPS) is 19.3. The summed E-state index contributed by atoms with van der Waals surface area (Å²) in [5, 5.41) is 26.4. The molecule has 1 aliphatic heterocycles. The highest BCUT2D eigenvalue weighted by atomic mass is 35.5. The fourth-order valence-corrected chi connectivity index (χ4v) is 6.55. The van der Waals surface area contributed by atoms with Crippen LogP contribution in [0.5, 0.6) is 0 Å². The predicted octanol–water partition coefficient (Wildman–Crippen LogP) is 3.79. The number of tetrazole rings is 1. The molecule has 2 heterocycles. The summed E-state index contributed by atoms with van der Waals surface area (Å²) < 4.78 is 0. The third-order valence-electron chi connectivity index (χ3n) is 9.54. The summed E-state index contributed by atoms with van der Waals surface area (Å²) in [6.07, 6.45) is 4.60. The number of aromatic nitrogens is 4. The molecule has 2 aliphatic rings. The van der Waals surface area contributed by atoms with Gasteiger partial charge in [0.25, 0.3) is 5.91 Å². The van der Waals surface area contributed by atoms with Gasteiger partial charge in [-0.2, -0.15) is 5.21 Å². The number of hydrogen-bond donors (Lipinski definition) is 6. The highest BCUT2D eigenvalue weighted by Crippen LogP contribution is 2.29. The average molecular weight is 686 g/mol. The van der Waals surface area contributed by atoms with Crippen molar-refractivity contribution in [2.24, 2.45) is 17.6 Å². The van der Waals surface area contributed by atoms with E-state index in [2.05, 4.69) is 41.9 Å². The molecule has 1 saturated heterocycles. The predicted molar refractivity (Wildman–Crippen MR) is 191 cm³/mol. The Kier molecular flexibility index (Phi) is 12.1. The summed E-state index contributed by atoms with van der Waals surface area (Å²) >= 11 is 0. The van der Waals surface area contributed by atoms with E-state index >= 15 is 0 Å². The Bertz CT molecular complexity index is 1700. The van der Waals surface area contributed by atoms with Crippen LogP contribution < -0.4 is 27.0 Å². The van der Waals surface area contributed by atoms with Crippen molar-refractivity contribution in [2.45, 2.75) is 57.5 Å². The van der Waals surface area contributed by atoms with Gasteiger partial charge in [0.1, 0.15) is 6.04 Å². The van der Waals surface area contributed by atoms with E-state index in [0.29, 0.717) is 36.0 Å². The molecular formula is C36H44ClN9O3. The number of hydrogen-bond acceptors (Lipinski definition) is 8. The lowest BCUT2D eigenvalue weighted by Gasteiger charge is -2.28. The standard InChI is InChI=1S/C36H43N9O3.ClH/c1-22-2-7-28(35(47)40-30-16-17-38-21-30)19-31(22)25-8-3-23(4-9-25)18-32(41-34(46)27-10-5-24(20-37)6-11-27)36(48)39-29-14-12-26(13-15-29)33-42-44-45-43-33;/h2-4,7-9,12-15,19,24,27,30,32,38H,5-6,10-11,16-18,20-21,37H2,1H3,(H,39,48)(H,40,47)(H,41,46)(H,42,43,44,45);1H/t24?,27?,30-,32+;/m1./s1. The van der Waals surface area contributed by atoms with E-state index in [1.807, 2.05) is 49.4 Å². The zero-order valence-electron chi connectivity index (χ0n) is 27.6. The van der Waals surface area contributed by atoms with E-state index in [-0.39, 0.29) is 42.1 Å². The number of carbonyl (C=O) groups is 3. The maximum Gasteiger partial charge on any atom is 0.251 e. The molecule has 3 amide bonds. The second-order valence-corrected chi connectivity index (χ2v) is 12.9. The minimum atomic E-state index is -0.786. The molecule has 0 bridgehead atoms. The van der Waals surface area contributed by atoms with Gasteiger partial charge in [-0.1, -0.05) is 30.3 Å². The molecule has 6 rings (SSSR count). The number of nitrogens with zero attached hydrogens (tertiary/aromatic N) is 3. The van der Waals surface area contributed by atoms with E-state index in [0.717, 1.165) is 73.0 Å². The van der Waals surface area contributed by atoms with Crippen LogP contribution in [0.2, 0.25) is 0 Å². The lowest BCUT2D eigenvalue weighted by Crippen LogP contribution is -2.48. The highest BCUT2D eigenvalue weighted by Gasteiger charge is 2.29. The number of anilines is 1. The summed E-state index contributed by atoms with van der Waals surface area (Å²) in [5.74, 6) is 0.281. The topological polar surface area (TPSA) is 180 Å². The van der Waals surface area contributed by atoms with Gasteiger partial charge in [0, 0.05) is 41.7 Å². The Morgan fingerprint density at radius 1 is 0.939 bits per heavy atom. The SMILES string of the molecule is Cc1ccc(C(=O)N[C@@H]2CCNC2)cc1-c1ccc(C[C@H](NC(=O)C2CCC(CN)CC2)C(=O)Nc2ccc(-c3nn[nH]n3)cc2)cc1.Cl. The van der Waals surface area contributed by atoms with Crippen LogP contribution in [0.3, 0.4) is 0 Å². The summed E-state index contributed by atoms with van der Waals surface area (Å²) in [6, 6.07) is 20.2. The van der Waals surface area contributed by atoms with E-state index < -0.39 is 6.04 Å². The first-order valence-corrected chi connectivity index (χ1v) is 16.7. The summed E-state index contributed by atoms with van der Waals surface area (Å²) in [5.41, 5.74) is 11.7. The molecular weight excluding hydrogens is 642 g/mol. The van der Waals surface area contributed by atoms with Crippen molar-refractivity contribution in [3.8, 4) is 22.5 Å². The highest BCUT2D eigenvalue weighted by molar-refractivity contribution is 5.98. The van der Waals surface area contributed by atoms with Gasteiger partial charge < -0.3 is 27.0 Å². The van der Waals surface area contributed by atoms with E-state index in [1.165, 1.54) is 0 Å². The molecule has 1 aromatic heterocycles. The number of H-pyrrole nitrogens is 1. The maximum atomic E-state index is 13.7. The number of carbonyl (C=O) groups excluding carboxylic acids is 3. The second kappa shape index (κ2) is 16.6. The molecule has 2 atom stereocenters. The Morgan fingerprint density at radius 2 is 1.67 bits per heavy atom. The number of halogens is 1. The van der Waals surface area contributed by atoms with Crippen LogP contribution >= 0.6 is 12.4 Å². The number of nitrogens with two attached hydrogens (primary N) is 1. The average Bonchev–Trinajstić information content (AvgIpc) is 3.84. The molecule has 12 nitrogen and oxygen atoms in total. The Hall–Kier alpha value is -4.65. The lowest BCUT2D eigenvalue weighted by atomic mass is 9.81. The number of aryl methyl sites for hydroxylation is 1. The van der Waals surface area contributed by atoms with E-state index in [4.69, 9.17) is 5.73 Å². The molecule has 49 heavy (non-hydrogen) atoms. The number of aromatic amines is 1. The van der Waals surface area contributed by atoms with Gasteiger partial charge in [0.05, 0.1) is 0 Å². The number of nitrogens with one attached hydrogen (secondary N) is 5. The zero-order chi connectivity index (χ0) is 33.5. The molecule has 0 spiro atoms. The maximum absolute atomic E-state index is 13.7. The molecule has 1 aliphatic carbocycles. The number of benzene rings is 3. The monoisotopic (exact) mass is 685 g/mol. The minimum Gasteiger partial charge on any atom is -0.348 e. The zero-order valence-corrected chi connectivity index (χ0v) is 28.4. The molecule has 2 fully saturated rings. The molecule has 7 N–H and O–H groups in total. The van der Waals surface area contributed by atoms with Gasteiger partial charge in [0.2, 0.25) is 17.6 Å². The molecule has 0 unspecified atom stereocenters. The molecule has 1 saturated carbocycles. The van der Waals surface area contributed by atoms with Crippen LogP contribution in [0, 0.1) is 18.8 Å². The van der Waals surface area contributed by atoms with Crippen molar-refractivity contribution in [3.05, 3.63) is 83.4 Å². The first-order valence-electron chi connectivity index (χ1n) is 16.7. The molecule has 3 aromatic carbocycles. The van der Waals surface area contributed by atoms with Crippen molar-refractivity contribution in [1.29, 1.82) is 0 Å². The number of amides is 3. The molecule has 0 radical (unpaired) electrons. The molecule has 258 valence electrons. The van der Waals surface area contributed by atoms with Crippen LogP contribution in [0.4, 0.5) is 5.69 Å². The second-order valence-electron chi connectivity index (χ2n) is 12.9. The van der Waals surface area contributed by atoms with Crippen LogP contribution in [0.1, 0.15) is 53.6 Å². The van der Waals surface area contributed by atoms with Gasteiger partial charge in [-0.3, -0.25) is 14.4 Å². The van der Waals surface area contributed by atoms with Gasteiger partial charge in [-0.25, -0.2) is 0 Å². The van der Waals surface area contributed by atoms with Crippen molar-refractivity contribution >= 4 is 35.8 Å². The molecule has 4 aromatic rings. The first kappa shape index (κ1) is 35.7. The Balaban J connectivity index is 0.00000468. The smallest absolute Gasteiger partial charge is 0.251 e. The van der Waals surface area contributed by atoms with Gasteiger partial charge in [-0.05, 0) is 122 Å². The summed E-state index contributed by atoms with van der Waals surface area (Å²) in [4.78, 5) is 40.0. The fraction of sp³-hybridized carbons (Fsp3) is 0.389. The van der Waals surface area contributed by atoms with Gasteiger partial charge >= 0.3 is 0 Å². The first-order chi connectivity index (χ1) is 23.4. The van der Waals surface area contributed by atoms with E-state index in [1.54, 1.807) is 24.3 Å². The van der Waals surface area contributed by atoms with Crippen LogP contribution in [-0.4, -0.2) is 70.1 Å². The van der Waals surface area contributed by atoms with Crippen molar-refractivity contribution in [2.75, 3.05) is 25.0 Å². The van der Waals surface area contributed by atoms with Crippen LogP contribution in [0.25, 0.3) is 22.5 Å². The van der Waals surface area contributed by atoms with Crippen LogP contribution in [0.15, 0.2) is 66.7 Å². The third-order valence-corrected chi connectivity index (χ3v) is 9.54. The largest absolute Gasteiger partial charge is 0.348 e. The Morgan fingerprint density at radius 3 is 2.33 bits per heavy atom. The van der Waals surface area contributed by atoms with Crippen molar-refractivity contribution in [1.82, 2.24) is 36.6 Å². The van der Waals surface area contributed by atoms with Crippen molar-refractivity contribution < 1.29 is 14.4 Å². The third kappa shape index (κ3) is 9.08. The summed E-state index contributed by atoms with van der Waals surface area (Å²) in [7, 11) is 0. The van der Waals surface area contributed by atoms with E-state index in [9.17, 15) is 14.4 Å². The van der Waals surface area contributed by atoms with Gasteiger partial charge in [0.15, 0.2) is 0 Å². The van der Waals surface area contributed by atoms with Gasteiger partial charge in [-0.15, -0.1) is 22.6 Å². The lowest BCUT2D eigenvalue weighted by molar-refractivity contribution is -0.130. The minimum absolute atomic E-state index is 0. The number of rotatable bonds is 11.